The van der Waals surface area contributed by atoms with Crippen LogP contribution in [0.15, 0.2) is 54.6 Å². The fourth-order valence-electron chi connectivity index (χ4n) is 5.04. The van der Waals surface area contributed by atoms with Gasteiger partial charge < -0.3 is 8.85 Å². The first kappa shape index (κ1) is 29.3. The highest BCUT2D eigenvalue weighted by atomic mass is 28.4. The Hall–Kier alpha value is -0.946. The van der Waals surface area contributed by atoms with E-state index < -0.39 is 16.6 Å². The van der Waals surface area contributed by atoms with Crippen molar-refractivity contribution in [3.63, 3.8) is 0 Å². The Kier molecular flexibility index (Phi) is 11.1. The number of rotatable bonds is 14. The molecule has 0 unspecified atom stereocenters. The predicted octanol–water partition coefficient (Wildman–Crippen LogP) is 9.31. The summed E-state index contributed by atoms with van der Waals surface area (Å²) in [6, 6.07) is 14.5. The molecule has 0 spiro atoms. The first-order chi connectivity index (χ1) is 16.0. The molecule has 0 saturated heterocycles. The Balaban J connectivity index is 2.14. The fraction of sp³-hybridized carbons (Fsp3) is 0.667. The van der Waals surface area contributed by atoms with Crippen molar-refractivity contribution in [3.8, 4) is 0 Å². The van der Waals surface area contributed by atoms with Crippen LogP contribution < -0.4 is 0 Å². The van der Waals surface area contributed by atoms with Crippen molar-refractivity contribution in [3.05, 3.63) is 60.2 Å². The van der Waals surface area contributed by atoms with E-state index in [0.717, 1.165) is 32.1 Å². The molecule has 0 amide bonds. The molecule has 2 rings (SSSR count). The molecular weight excluding hydrogens is 449 g/mol. The maximum absolute atomic E-state index is 6.99. The first-order valence-electron chi connectivity index (χ1n) is 13.7. The van der Waals surface area contributed by atoms with Crippen LogP contribution in [0.1, 0.15) is 72.8 Å². The predicted molar refractivity (Wildman–Crippen MR) is 155 cm³/mol. The average molecular weight is 501 g/mol. The van der Waals surface area contributed by atoms with Crippen molar-refractivity contribution < 1.29 is 8.85 Å². The average Bonchev–Trinajstić information content (AvgIpc) is 3.17. The van der Waals surface area contributed by atoms with E-state index >= 15 is 0 Å². The second kappa shape index (κ2) is 12.8. The van der Waals surface area contributed by atoms with Gasteiger partial charge >= 0.3 is 0 Å². The lowest BCUT2D eigenvalue weighted by Gasteiger charge is -2.39. The maximum atomic E-state index is 6.99. The van der Waals surface area contributed by atoms with E-state index in [0.29, 0.717) is 12.0 Å². The van der Waals surface area contributed by atoms with E-state index in [4.69, 9.17) is 8.85 Å². The smallest absolute Gasteiger partial charge is 0.192 e. The highest BCUT2D eigenvalue weighted by Gasteiger charge is 2.40. The summed E-state index contributed by atoms with van der Waals surface area (Å²) in [5, 5.41) is 0.216. The second-order valence-electron chi connectivity index (χ2n) is 11.8. The van der Waals surface area contributed by atoms with E-state index in [1.165, 1.54) is 23.7 Å². The molecule has 0 saturated carbocycles. The zero-order chi connectivity index (χ0) is 25.4. The molecule has 3 atom stereocenters. The van der Waals surface area contributed by atoms with Crippen LogP contribution in [0.3, 0.4) is 0 Å². The van der Waals surface area contributed by atoms with Crippen LogP contribution in [0.4, 0.5) is 0 Å². The Morgan fingerprint density at radius 2 is 1.68 bits per heavy atom. The van der Waals surface area contributed by atoms with Gasteiger partial charge in [-0.25, -0.2) is 0 Å². The summed E-state index contributed by atoms with van der Waals surface area (Å²) < 4.78 is 14.0. The highest BCUT2D eigenvalue weighted by Crippen LogP contribution is 2.41. The fourth-order valence-corrected chi connectivity index (χ4v) is 9.34. The van der Waals surface area contributed by atoms with E-state index in [1.807, 2.05) is 0 Å². The van der Waals surface area contributed by atoms with Crippen LogP contribution in [0, 0.1) is 5.92 Å². The Labute approximate surface area is 213 Å². The van der Waals surface area contributed by atoms with Crippen molar-refractivity contribution >= 4 is 16.6 Å². The summed E-state index contributed by atoms with van der Waals surface area (Å²) in [5.74, 6) is 0.485. The van der Waals surface area contributed by atoms with Crippen LogP contribution in [0.5, 0.6) is 0 Å². The topological polar surface area (TPSA) is 18.5 Å². The summed E-state index contributed by atoms with van der Waals surface area (Å²) in [6.07, 6.45) is 10.4. The summed E-state index contributed by atoms with van der Waals surface area (Å²) in [6.45, 7) is 22.9. The largest absolute Gasteiger partial charge is 0.414 e. The minimum absolute atomic E-state index is 0.216. The van der Waals surface area contributed by atoms with Crippen LogP contribution in [-0.2, 0) is 15.3 Å². The molecule has 0 fully saturated rings. The van der Waals surface area contributed by atoms with Crippen molar-refractivity contribution in [1.29, 1.82) is 0 Å². The maximum Gasteiger partial charge on any atom is 0.192 e. The summed E-state index contributed by atoms with van der Waals surface area (Å²) >= 11 is 0. The third-order valence-electron chi connectivity index (χ3n) is 8.62. The van der Waals surface area contributed by atoms with Crippen molar-refractivity contribution in [1.82, 2.24) is 0 Å². The van der Waals surface area contributed by atoms with Gasteiger partial charge in [0.2, 0.25) is 0 Å². The Bertz CT molecular complexity index is 766. The molecule has 0 radical (unpaired) electrons. The molecule has 1 aromatic rings. The lowest BCUT2D eigenvalue weighted by Crippen LogP contribution is -2.44. The minimum atomic E-state index is -1.85. The molecule has 2 nitrogen and oxygen atoms in total. The number of hydrogen-bond acceptors (Lipinski definition) is 2. The molecule has 1 aliphatic rings. The van der Waals surface area contributed by atoms with Gasteiger partial charge in [-0.1, -0.05) is 89.6 Å². The zero-order valence-electron chi connectivity index (χ0n) is 23.5. The molecule has 0 aromatic heterocycles. The van der Waals surface area contributed by atoms with Crippen molar-refractivity contribution in [2.45, 2.75) is 122 Å². The number of benzene rings is 1. The molecule has 0 aliphatic heterocycles. The zero-order valence-corrected chi connectivity index (χ0v) is 25.5. The molecule has 192 valence electrons. The molecule has 0 N–H and O–H groups in total. The molecular formula is C30H52O2Si2. The van der Waals surface area contributed by atoms with Gasteiger partial charge in [0, 0.05) is 12.0 Å². The van der Waals surface area contributed by atoms with Gasteiger partial charge in [0.15, 0.2) is 16.6 Å². The van der Waals surface area contributed by atoms with Crippen LogP contribution in [-0.4, -0.2) is 28.8 Å². The molecule has 34 heavy (non-hydrogen) atoms. The lowest BCUT2D eigenvalue weighted by molar-refractivity contribution is 0.146. The van der Waals surface area contributed by atoms with Crippen LogP contribution >= 0.6 is 0 Å². The second-order valence-corrected chi connectivity index (χ2v) is 21.3. The van der Waals surface area contributed by atoms with Crippen LogP contribution in [0.2, 0.25) is 36.3 Å². The first-order valence-corrected chi connectivity index (χ1v) is 19.1. The van der Waals surface area contributed by atoms with Gasteiger partial charge in [-0.05, 0) is 73.9 Å². The Morgan fingerprint density at radius 1 is 1.06 bits per heavy atom. The molecule has 0 bridgehead atoms. The molecule has 0 heterocycles. The van der Waals surface area contributed by atoms with Gasteiger partial charge in [0.1, 0.15) is 0 Å². The third-order valence-corrected chi connectivity index (χ3v) is 17.8. The van der Waals surface area contributed by atoms with Gasteiger partial charge in [0.05, 0.1) is 6.10 Å². The van der Waals surface area contributed by atoms with Crippen molar-refractivity contribution in [2.24, 2.45) is 5.92 Å². The standard InChI is InChI=1S/C30H52O2Si2/c1-10-17-28-26(21-23-29(28)32-34(11-2,12-3)13-4)20-22-27(24-25-18-15-14-16-19-25)31-33(8,9)30(5,6)7/h10,14-16,18-19,21,27-29H,1,11-13,17,20,22-24H2,2-9H3/t27-,28+,29-/m0/s1. The number of hydrogen-bond donors (Lipinski definition) is 0. The van der Waals surface area contributed by atoms with Gasteiger partial charge in [-0.2, -0.15) is 0 Å². The SMILES string of the molecule is C=CC[C@@H]1C(CC[C@@H](Cc2ccccc2)O[Si](C)(C)C(C)(C)C)=CC[C@@H]1O[Si](CC)(CC)CC. The molecule has 1 aliphatic carbocycles. The highest BCUT2D eigenvalue weighted by molar-refractivity contribution is 6.74. The lowest BCUT2D eigenvalue weighted by atomic mass is 9.91. The quantitative estimate of drug-likeness (QED) is 0.187. The monoisotopic (exact) mass is 500 g/mol. The summed E-state index contributed by atoms with van der Waals surface area (Å²) in [7, 11) is -3.46. The van der Waals surface area contributed by atoms with E-state index in [2.05, 4.69) is 104 Å². The third kappa shape index (κ3) is 7.78. The van der Waals surface area contributed by atoms with Gasteiger partial charge in [-0.3, -0.25) is 0 Å². The van der Waals surface area contributed by atoms with Gasteiger partial charge in [0.25, 0.3) is 0 Å². The van der Waals surface area contributed by atoms with E-state index in [-0.39, 0.29) is 11.1 Å². The van der Waals surface area contributed by atoms with E-state index in [9.17, 15) is 0 Å². The van der Waals surface area contributed by atoms with E-state index in [1.54, 1.807) is 5.57 Å². The van der Waals surface area contributed by atoms with Gasteiger partial charge in [-0.15, -0.1) is 6.58 Å². The minimum Gasteiger partial charge on any atom is -0.414 e. The Morgan fingerprint density at radius 3 is 2.21 bits per heavy atom. The summed E-state index contributed by atoms with van der Waals surface area (Å²) in [5.41, 5.74) is 2.95. The van der Waals surface area contributed by atoms with Crippen LogP contribution in [0.25, 0.3) is 0 Å². The molecule has 4 heteroatoms. The van der Waals surface area contributed by atoms with Crippen molar-refractivity contribution in [2.75, 3.05) is 0 Å². The summed E-state index contributed by atoms with van der Waals surface area (Å²) in [4.78, 5) is 0. The normalized spacial score (nSPS) is 20.3. The number of allylic oxidation sites excluding steroid dienone is 1. The molecule has 1 aromatic carbocycles.